The van der Waals surface area contributed by atoms with Crippen molar-refractivity contribution in [2.24, 2.45) is 0 Å². The van der Waals surface area contributed by atoms with Crippen molar-refractivity contribution in [2.45, 2.75) is 65.8 Å². The van der Waals surface area contributed by atoms with Gasteiger partial charge in [0, 0.05) is 13.2 Å². The van der Waals surface area contributed by atoms with Crippen LogP contribution in [0.25, 0.3) is 0 Å². The van der Waals surface area contributed by atoms with Crippen molar-refractivity contribution < 1.29 is 14.3 Å². The maximum atomic E-state index is 11.8. The van der Waals surface area contributed by atoms with Crippen LogP contribution in [0.1, 0.15) is 53.3 Å². The molecule has 0 saturated carbocycles. The van der Waals surface area contributed by atoms with E-state index >= 15 is 0 Å². The van der Waals surface area contributed by atoms with E-state index in [0.29, 0.717) is 13.2 Å². The molecule has 1 rings (SSSR count). The van der Waals surface area contributed by atoms with Gasteiger partial charge in [-0.05, 0) is 41.5 Å². The lowest BCUT2D eigenvalue weighted by Crippen LogP contribution is -2.35. The summed E-state index contributed by atoms with van der Waals surface area (Å²) in [5.74, 6) is 0. The van der Waals surface area contributed by atoms with E-state index in [4.69, 9.17) is 9.47 Å². The minimum Gasteiger partial charge on any atom is -0.444 e. The van der Waals surface area contributed by atoms with Gasteiger partial charge in [0.15, 0.2) is 0 Å². The molecule has 0 radical (unpaired) electrons. The minimum atomic E-state index is -0.506. The van der Waals surface area contributed by atoms with Crippen molar-refractivity contribution in [1.29, 1.82) is 0 Å². The maximum absolute atomic E-state index is 11.8. The molecule has 0 bridgehead atoms. The van der Waals surface area contributed by atoms with Gasteiger partial charge in [-0.2, -0.15) is 0 Å². The molecular weight excluding hydrogens is 270 g/mol. The van der Waals surface area contributed by atoms with Gasteiger partial charge in [-0.1, -0.05) is 0 Å². The summed E-state index contributed by atoms with van der Waals surface area (Å²) < 4.78 is 12.8. The molecule has 1 N–H and O–H groups in total. The van der Waals surface area contributed by atoms with Crippen molar-refractivity contribution in [3.05, 3.63) is 18.2 Å². The molecule has 0 saturated heterocycles. The van der Waals surface area contributed by atoms with Crippen LogP contribution >= 0.6 is 0 Å². The molecule has 2 unspecified atom stereocenters. The second-order valence-corrected chi connectivity index (χ2v) is 6.10. The number of nitrogens with one attached hydrogen (secondary N) is 1. The Labute approximate surface area is 126 Å². The van der Waals surface area contributed by atoms with Crippen LogP contribution in [0.15, 0.2) is 12.5 Å². The third-order valence-electron chi connectivity index (χ3n) is 2.83. The zero-order valence-electron chi connectivity index (χ0n) is 13.8. The number of carbonyl (C=O) groups is 1. The lowest BCUT2D eigenvalue weighted by molar-refractivity contribution is 0.0502. The van der Waals surface area contributed by atoms with Gasteiger partial charge in [-0.15, -0.1) is 0 Å². The van der Waals surface area contributed by atoms with Crippen molar-refractivity contribution >= 4 is 6.09 Å². The summed E-state index contributed by atoms with van der Waals surface area (Å²) in [6, 6.07) is -0.184. The van der Waals surface area contributed by atoms with Crippen LogP contribution in [-0.2, 0) is 16.0 Å². The third-order valence-corrected chi connectivity index (χ3v) is 2.83. The van der Waals surface area contributed by atoms with Crippen LogP contribution in [0.5, 0.6) is 0 Å². The Bertz CT molecular complexity index is 451. The fourth-order valence-electron chi connectivity index (χ4n) is 2.02. The number of alkyl carbamates (subject to hydrolysis) is 1. The highest BCUT2D eigenvalue weighted by atomic mass is 16.6. The Kier molecular flexibility index (Phi) is 6.20. The van der Waals surface area contributed by atoms with Crippen molar-refractivity contribution in [3.8, 4) is 0 Å². The summed E-state index contributed by atoms with van der Waals surface area (Å²) in [4.78, 5) is 16.0. The number of rotatable bonds is 6. The van der Waals surface area contributed by atoms with Gasteiger partial charge in [-0.25, -0.2) is 9.78 Å². The second-order valence-electron chi connectivity index (χ2n) is 6.10. The van der Waals surface area contributed by atoms with Crippen LogP contribution in [0.2, 0.25) is 0 Å². The predicted octanol–water partition coefficient (Wildman–Crippen LogP) is 2.89. The lowest BCUT2D eigenvalue weighted by Gasteiger charge is -2.23. The molecule has 1 heterocycles. The molecule has 2 atom stereocenters. The van der Waals surface area contributed by atoms with E-state index in [0.717, 1.165) is 5.69 Å². The van der Waals surface area contributed by atoms with E-state index in [1.807, 2.05) is 46.1 Å². The van der Waals surface area contributed by atoms with Crippen LogP contribution in [0.4, 0.5) is 4.79 Å². The van der Waals surface area contributed by atoms with Crippen LogP contribution in [0, 0.1) is 0 Å². The van der Waals surface area contributed by atoms with Crippen molar-refractivity contribution in [3.63, 3.8) is 0 Å². The van der Waals surface area contributed by atoms with Crippen molar-refractivity contribution in [2.75, 3.05) is 6.61 Å². The van der Waals surface area contributed by atoms with Gasteiger partial charge >= 0.3 is 6.09 Å². The summed E-state index contributed by atoms with van der Waals surface area (Å²) in [6.45, 7) is 12.8. The molecule has 0 aliphatic heterocycles. The molecule has 6 nitrogen and oxygen atoms in total. The number of hydrogen-bond donors (Lipinski definition) is 1. The first-order valence-corrected chi connectivity index (χ1v) is 7.34. The second kappa shape index (κ2) is 7.45. The lowest BCUT2D eigenvalue weighted by atomic mass is 10.2. The molecule has 1 aromatic heterocycles. The molecule has 0 aliphatic carbocycles. The highest BCUT2D eigenvalue weighted by molar-refractivity contribution is 5.68. The average molecular weight is 297 g/mol. The minimum absolute atomic E-state index is 0.0941. The van der Waals surface area contributed by atoms with Gasteiger partial charge in [-0.3, -0.25) is 0 Å². The van der Waals surface area contributed by atoms with Crippen LogP contribution in [-0.4, -0.2) is 34.0 Å². The number of aromatic nitrogens is 2. The molecule has 0 aliphatic rings. The Morgan fingerprint density at radius 3 is 2.67 bits per heavy atom. The summed E-state index contributed by atoms with van der Waals surface area (Å²) in [7, 11) is 0. The average Bonchev–Trinajstić information content (AvgIpc) is 2.74. The zero-order valence-corrected chi connectivity index (χ0v) is 13.8. The number of carbonyl (C=O) groups excluding carboxylic acids is 1. The fourth-order valence-corrected chi connectivity index (χ4v) is 2.02. The van der Waals surface area contributed by atoms with E-state index in [1.54, 1.807) is 12.5 Å². The number of hydrogen-bond acceptors (Lipinski definition) is 4. The van der Waals surface area contributed by atoms with Gasteiger partial charge in [0.25, 0.3) is 0 Å². The Morgan fingerprint density at radius 1 is 1.43 bits per heavy atom. The number of ether oxygens (including phenoxy) is 2. The molecule has 6 heteroatoms. The summed E-state index contributed by atoms with van der Waals surface area (Å²) in [5.41, 5.74) is 0.417. The molecule has 21 heavy (non-hydrogen) atoms. The van der Waals surface area contributed by atoms with E-state index in [2.05, 4.69) is 10.3 Å². The molecular formula is C15H27N3O3. The SMILES string of the molecule is CCOC(C)Cn1cncc1C(C)NC(=O)OC(C)(C)C. The Balaban J connectivity index is 2.64. The quantitative estimate of drug-likeness (QED) is 0.877. The normalized spacial score (nSPS) is 14.6. The summed E-state index contributed by atoms with van der Waals surface area (Å²) >= 11 is 0. The van der Waals surface area contributed by atoms with Crippen LogP contribution < -0.4 is 5.32 Å². The number of imidazole rings is 1. The molecule has 0 aromatic carbocycles. The molecule has 0 spiro atoms. The van der Waals surface area contributed by atoms with E-state index < -0.39 is 11.7 Å². The Hall–Kier alpha value is -1.56. The monoisotopic (exact) mass is 297 g/mol. The van der Waals surface area contributed by atoms with E-state index in [1.165, 1.54) is 0 Å². The molecule has 1 amide bonds. The topological polar surface area (TPSA) is 65.4 Å². The van der Waals surface area contributed by atoms with E-state index in [9.17, 15) is 4.79 Å². The number of amides is 1. The van der Waals surface area contributed by atoms with Gasteiger partial charge in [0.2, 0.25) is 0 Å². The molecule has 0 fully saturated rings. The van der Waals surface area contributed by atoms with Gasteiger partial charge < -0.3 is 19.4 Å². The van der Waals surface area contributed by atoms with E-state index in [-0.39, 0.29) is 12.1 Å². The molecule has 120 valence electrons. The van der Waals surface area contributed by atoms with Gasteiger partial charge in [0.1, 0.15) is 5.60 Å². The smallest absolute Gasteiger partial charge is 0.408 e. The predicted molar refractivity (Wildman–Crippen MR) is 81.1 cm³/mol. The van der Waals surface area contributed by atoms with Gasteiger partial charge in [0.05, 0.1) is 30.4 Å². The first-order chi connectivity index (χ1) is 9.73. The maximum Gasteiger partial charge on any atom is 0.408 e. The zero-order chi connectivity index (χ0) is 16.0. The van der Waals surface area contributed by atoms with Crippen LogP contribution in [0.3, 0.4) is 0 Å². The standard InChI is InChI=1S/C15H27N3O3/c1-7-20-11(2)9-18-10-16-8-13(18)12(3)17-14(19)21-15(4,5)6/h8,10-12H,7,9H2,1-6H3,(H,17,19). The highest BCUT2D eigenvalue weighted by Gasteiger charge is 2.20. The first kappa shape index (κ1) is 17.5. The summed E-state index contributed by atoms with van der Waals surface area (Å²) in [5, 5.41) is 2.82. The summed E-state index contributed by atoms with van der Waals surface area (Å²) in [6.07, 6.45) is 3.16. The Morgan fingerprint density at radius 2 is 2.10 bits per heavy atom. The fraction of sp³-hybridized carbons (Fsp3) is 0.733. The first-order valence-electron chi connectivity index (χ1n) is 7.34. The molecule has 1 aromatic rings. The van der Waals surface area contributed by atoms with Crippen molar-refractivity contribution in [1.82, 2.24) is 14.9 Å². The third kappa shape index (κ3) is 6.16. The number of nitrogens with zero attached hydrogens (tertiary/aromatic N) is 2. The highest BCUT2D eigenvalue weighted by Crippen LogP contribution is 2.14. The largest absolute Gasteiger partial charge is 0.444 e.